The van der Waals surface area contributed by atoms with Crippen LogP contribution < -0.4 is 10.6 Å². The lowest BCUT2D eigenvalue weighted by atomic mass is 10.2. The Balaban J connectivity index is 2.16. The van der Waals surface area contributed by atoms with Crippen molar-refractivity contribution in [3.63, 3.8) is 0 Å². The second kappa shape index (κ2) is 6.12. The van der Waals surface area contributed by atoms with E-state index in [0.717, 1.165) is 3.57 Å². The number of benzene rings is 1. The number of nitrogens with zero attached hydrogens (tertiary/aromatic N) is 2. The Morgan fingerprint density at radius 1 is 1.29 bits per heavy atom. The first-order chi connectivity index (χ1) is 9.86. The molecule has 0 aliphatic carbocycles. The van der Waals surface area contributed by atoms with E-state index in [9.17, 15) is 9.59 Å². The van der Waals surface area contributed by atoms with E-state index >= 15 is 0 Å². The van der Waals surface area contributed by atoms with Crippen molar-refractivity contribution in [2.45, 2.75) is 6.92 Å². The summed E-state index contributed by atoms with van der Waals surface area (Å²) in [5.74, 6) is -1.10. The van der Waals surface area contributed by atoms with E-state index in [4.69, 9.17) is 5.11 Å². The van der Waals surface area contributed by atoms with Crippen molar-refractivity contribution in [3.05, 3.63) is 39.2 Å². The van der Waals surface area contributed by atoms with Gasteiger partial charge in [-0.3, -0.25) is 4.68 Å². The minimum Gasteiger partial charge on any atom is -0.478 e. The van der Waals surface area contributed by atoms with Crippen LogP contribution in [0.15, 0.2) is 24.4 Å². The van der Waals surface area contributed by atoms with Gasteiger partial charge in [0.25, 0.3) is 0 Å². The number of amides is 2. The van der Waals surface area contributed by atoms with Crippen molar-refractivity contribution >= 4 is 46.0 Å². The number of nitrogens with one attached hydrogen (secondary N) is 2. The van der Waals surface area contributed by atoms with E-state index < -0.39 is 12.0 Å². The second-order valence-corrected chi connectivity index (χ2v) is 5.62. The quantitative estimate of drug-likeness (QED) is 0.691. The average molecular weight is 400 g/mol. The maximum Gasteiger partial charge on any atom is 0.337 e. The summed E-state index contributed by atoms with van der Waals surface area (Å²) < 4.78 is 2.36. The summed E-state index contributed by atoms with van der Waals surface area (Å²) in [6, 6.07) is 4.25. The second-order valence-electron chi connectivity index (χ2n) is 4.38. The third kappa shape index (κ3) is 3.72. The summed E-state index contributed by atoms with van der Waals surface area (Å²) in [4.78, 5) is 23.1. The smallest absolute Gasteiger partial charge is 0.337 e. The van der Waals surface area contributed by atoms with E-state index in [-0.39, 0.29) is 11.3 Å². The Morgan fingerprint density at radius 2 is 1.95 bits per heavy atom. The van der Waals surface area contributed by atoms with Crippen molar-refractivity contribution in [1.82, 2.24) is 9.78 Å². The van der Waals surface area contributed by atoms with Crippen LogP contribution >= 0.6 is 22.6 Å². The topological polar surface area (TPSA) is 96.3 Å². The third-order valence-electron chi connectivity index (χ3n) is 2.72. The van der Waals surface area contributed by atoms with Gasteiger partial charge in [0, 0.05) is 16.8 Å². The highest BCUT2D eigenvalue weighted by atomic mass is 127. The Labute approximate surface area is 134 Å². The molecule has 3 N–H and O–H groups in total. The van der Waals surface area contributed by atoms with Crippen molar-refractivity contribution in [1.29, 1.82) is 0 Å². The molecule has 0 spiro atoms. The first-order valence-corrected chi connectivity index (χ1v) is 7.06. The van der Waals surface area contributed by atoms with E-state index in [2.05, 4.69) is 15.7 Å². The summed E-state index contributed by atoms with van der Waals surface area (Å²) in [7, 11) is 1.75. The fourth-order valence-corrected chi connectivity index (χ4v) is 2.29. The normalized spacial score (nSPS) is 10.2. The minimum absolute atomic E-state index is 0.0416. The highest BCUT2D eigenvalue weighted by Gasteiger charge is 2.14. The molecule has 8 heteroatoms. The molecular formula is C13H13IN4O3. The average Bonchev–Trinajstić information content (AvgIpc) is 2.69. The van der Waals surface area contributed by atoms with Crippen molar-refractivity contribution < 1.29 is 14.7 Å². The molecule has 2 amide bonds. The predicted molar refractivity (Wildman–Crippen MR) is 86.7 cm³/mol. The molecule has 0 saturated carbocycles. The van der Waals surface area contributed by atoms with Crippen LogP contribution in [0.25, 0.3) is 0 Å². The molecule has 21 heavy (non-hydrogen) atoms. The van der Waals surface area contributed by atoms with E-state index in [1.807, 2.05) is 22.6 Å². The third-order valence-corrected chi connectivity index (χ3v) is 3.39. The number of aromatic carboxylic acids is 1. The van der Waals surface area contributed by atoms with E-state index in [1.54, 1.807) is 37.0 Å². The lowest BCUT2D eigenvalue weighted by Crippen LogP contribution is -2.21. The van der Waals surface area contributed by atoms with Crippen LogP contribution in [-0.4, -0.2) is 26.9 Å². The molecule has 1 aromatic heterocycles. The lowest BCUT2D eigenvalue weighted by molar-refractivity contribution is 0.0698. The molecule has 0 saturated heterocycles. The molecule has 0 atom stereocenters. The number of rotatable bonds is 3. The number of carboxylic acids is 1. The van der Waals surface area contributed by atoms with Gasteiger partial charge in [-0.25, -0.2) is 9.59 Å². The van der Waals surface area contributed by atoms with Crippen LogP contribution in [-0.2, 0) is 7.05 Å². The SMILES string of the molecule is Cc1nn(C)cc1NC(=O)Nc1ccc(I)cc1C(=O)O. The molecule has 1 heterocycles. The number of hydrogen-bond donors (Lipinski definition) is 3. The molecule has 0 aliphatic heterocycles. The molecule has 2 aromatic rings. The first-order valence-electron chi connectivity index (χ1n) is 5.98. The summed E-state index contributed by atoms with van der Waals surface area (Å²) in [5.41, 5.74) is 1.52. The zero-order valence-electron chi connectivity index (χ0n) is 11.3. The van der Waals surface area contributed by atoms with Crippen molar-refractivity contribution in [2.75, 3.05) is 10.6 Å². The highest BCUT2D eigenvalue weighted by molar-refractivity contribution is 14.1. The fraction of sp³-hybridized carbons (Fsp3) is 0.154. The van der Waals surface area contributed by atoms with Gasteiger partial charge < -0.3 is 15.7 Å². The van der Waals surface area contributed by atoms with Crippen LogP contribution in [0.3, 0.4) is 0 Å². The number of carbonyl (C=O) groups excluding carboxylic acids is 1. The number of aryl methyl sites for hydroxylation is 2. The van der Waals surface area contributed by atoms with Gasteiger partial charge in [-0.1, -0.05) is 0 Å². The lowest BCUT2D eigenvalue weighted by Gasteiger charge is -2.09. The maximum absolute atomic E-state index is 11.9. The van der Waals surface area contributed by atoms with Gasteiger partial charge >= 0.3 is 12.0 Å². The summed E-state index contributed by atoms with van der Waals surface area (Å²) in [6.07, 6.45) is 1.67. The Bertz CT molecular complexity index is 711. The standard InChI is InChI=1S/C13H13IN4O3/c1-7-11(6-18(2)17-7)16-13(21)15-10-4-3-8(14)5-9(10)12(19)20/h3-6H,1-2H3,(H,19,20)(H2,15,16,21). The number of anilines is 2. The van der Waals surface area contributed by atoms with Gasteiger partial charge in [0.05, 0.1) is 22.6 Å². The highest BCUT2D eigenvalue weighted by Crippen LogP contribution is 2.20. The monoisotopic (exact) mass is 400 g/mol. The largest absolute Gasteiger partial charge is 0.478 e. The Kier molecular flexibility index (Phi) is 4.46. The van der Waals surface area contributed by atoms with Gasteiger partial charge in [-0.15, -0.1) is 0 Å². The van der Waals surface area contributed by atoms with Crippen LogP contribution in [0.1, 0.15) is 16.1 Å². The fourth-order valence-electron chi connectivity index (χ4n) is 1.80. The molecule has 0 fully saturated rings. The number of aromatic nitrogens is 2. The molecule has 0 unspecified atom stereocenters. The van der Waals surface area contributed by atoms with Gasteiger partial charge in [0.1, 0.15) is 0 Å². The summed E-state index contributed by atoms with van der Waals surface area (Å²) in [5, 5.41) is 18.4. The van der Waals surface area contributed by atoms with Crippen LogP contribution in [0.4, 0.5) is 16.2 Å². The van der Waals surface area contributed by atoms with Crippen molar-refractivity contribution in [2.24, 2.45) is 7.05 Å². The van der Waals surface area contributed by atoms with Gasteiger partial charge in [-0.05, 0) is 47.7 Å². The van der Waals surface area contributed by atoms with Crippen LogP contribution in [0.5, 0.6) is 0 Å². The van der Waals surface area contributed by atoms with Crippen LogP contribution in [0.2, 0.25) is 0 Å². The molecule has 110 valence electrons. The Morgan fingerprint density at radius 3 is 2.52 bits per heavy atom. The van der Waals surface area contributed by atoms with Gasteiger partial charge in [0.15, 0.2) is 0 Å². The van der Waals surface area contributed by atoms with Crippen LogP contribution in [0, 0.1) is 10.5 Å². The zero-order valence-corrected chi connectivity index (χ0v) is 13.5. The number of urea groups is 1. The predicted octanol–water partition coefficient (Wildman–Crippen LogP) is 2.68. The van der Waals surface area contributed by atoms with E-state index in [0.29, 0.717) is 11.4 Å². The summed E-state index contributed by atoms with van der Waals surface area (Å²) >= 11 is 2.01. The first kappa shape index (κ1) is 15.3. The molecule has 0 radical (unpaired) electrons. The van der Waals surface area contributed by atoms with Gasteiger partial charge in [0.2, 0.25) is 0 Å². The zero-order chi connectivity index (χ0) is 15.6. The van der Waals surface area contributed by atoms with E-state index in [1.165, 1.54) is 6.07 Å². The minimum atomic E-state index is -1.10. The van der Waals surface area contributed by atoms with Gasteiger partial charge in [-0.2, -0.15) is 5.10 Å². The maximum atomic E-state index is 11.9. The summed E-state index contributed by atoms with van der Waals surface area (Å²) in [6.45, 7) is 1.77. The van der Waals surface area contributed by atoms with Crippen molar-refractivity contribution in [3.8, 4) is 0 Å². The number of carboxylic acid groups (broad SMARTS) is 1. The number of halogens is 1. The Hall–Kier alpha value is -2.10. The molecule has 0 aliphatic rings. The number of hydrogen-bond acceptors (Lipinski definition) is 3. The molecule has 7 nitrogen and oxygen atoms in total. The number of carbonyl (C=O) groups is 2. The molecule has 1 aromatic carbocycles. The molecule has 0 bridgehead atoms. The molecular weight excluding hydrogens is 387 g/mol. The molecule has 2 rings (SSSR count).